The van der Waals surface area contributed by atoms with Crippen LogP contribution in [0.4, 0.5) is 0 Å². The molecule has 4 rings (SSSR count). The van der Waals surface area contributed by atoms with Gasteiger partial charge in [0.15, 0.2) is 26.2 Å². The number of epoxide rings is 1. The van der Waals surface area contributed by atoms with E-state index in [1.807, 2.05) is 27.7 Å². The molecule has 190 valence electrons. The van der Waals surface area contributed by atoms with Crippen LogP contribution in [0.5, 0.6) is 0 Å². The fourth-order valence-corrected chi connectivity index (χ4v) is 5.87. The Morgan fingerprint density at radius 2 is 1.64 bits per heavy atom. The van der Waals surface area contributed by atoms with Crippen LogP contribution in [-0.4, -0.2) is 80.6 Å². The van der Waals surface area contributed by atoms with Crippen molar-refractivity contribution in [2.75, 3.05) is 6.61 Å². The number of hydrogen-bond donors (Lipinski definition) is 1. The third-order valence-corrected chi connectivity index (χ3v) is 11.9. The average molecular weight is 487 g/mol. The molecule has 0 bridgehead atoms. The smallest absolute Gasteiger partial charge is 0.192 e. The van der Waals surface area contributed by atoms with Crippen molar-refractivity contribution in [3.05, 3.63) is 12.2 Å². The van der Waals surface area contributed by atoms with Gasteiger partial charge in [0.1, 0.15) is 30.5 Å². The van der Waals surface area contributed by atoms with Crippen molar-refractivity contribution in [3.8, 4) is 0 Å². The lowest BCUT2D eigenvalue weighted by Gasteiger charge is -2.40. The Labute approximate surface area is 199 Å². The third-order valence-electron chi connectivity index (χ3n) is 7.43. The summed E-state index contributed by atoms with van der Waals surface area (Å²) in [5.41, 5.74) is 0.565. The maximum atomic E-state index is 11.2. The maximum absolute atomic E-state index is 11.2. The molecule has 0 radical (unpaired) electrons. The summed E-state index contributed by atoms with van der Waals surface area (Å²) in [5, 5.41) is 11.2. The molecule has 0 amide bonds. The van der Waals surface area contributed by atoms with E-state index in [9.17, 15) is 5.11 Å². The van der Waals surface area contributed by atoms with Crippen molar-refractivity contribution in [3.63, 3.8) is 0 Å². The van der Waals surface area contributed by atoms with Gasteiger partial charge in [-0.25, -0.2) is 0 Å². The Morgan fingerprint density at radius 1 is 1.06 bits per heavy atom. The van der Waals surface area contributed by atoms with Crippen LogP contribution in [0.2, 0.25) is 18.1 Å². The van der Waals surface area contributed by atoms with Crippen LogP contribution < -0.4 is 0 Å². The highest BCUT2D eigenvalue weighted by Crippen LogP contribution is 2.45. The lowest BCUT2D eigenvalue weighted by Crippen LogP contribution is -2.50. The van der Waals surface area contributed by atoms with Crippen molar-refractivity contribution in [1.82, 2.24) is 0 Å². The lowest BCUT2D eigenvalue weighted by atomic mass is 9.94. The third kappa shape index (κ3) is 5.27. The summed E-state index contributed by atoms with van der Waals surface area (Å²) in [5.74, 6) is -1.50. The molecule has 8 atom stereocenters. The second-order valence-electron chi connectivity index (χ2n) is 12.2. The average Bonchev–Trinajstić information content (AvgIpc) is 3.31. The first-order chi connectivity index (χ1) is 15.0. The summed E-state index contributed by atoms with van der Waals surface area (Å²) in [7, 11) is -2.14. The zero-order valence-electron chi connectivity index (χ0n) is 21.5. The zero-order chi connectivity index (χ0) is 24.6. The van der Waals surface area contributed by atoms with Gasteiger partial charge in [-0.3, -0.25) is 0 Å². The number of aliphatic hydroxyl groups is 1. The monoisotopic (exact) mass is 486 g/mol. The number of ether oxygens (including phenoxy) is 6. The van der Waals surface area contributed by atoms with E-state index in [4.69, 9.17) is 32.8 Å². The molecule has 0 saturated carbocycles. The van der Waals surface area contributed by atoms with Crippen molar-refractivity contribution in [1.29, 1.82) is 0 Å². The molecule has 0 spiro atoms. The van der Waals surface area contributed by atoms with Gasteiger partial charge in [0.2, 0.25) is 0 Å². The van der Waals surface area contributed by atoms with Gasteiger partial charge in [-0.15, -0.1) is 0 Å². The predicted molar refractivity (Wildman–Crippen MR) is 124 cm³/mol. The lowest BCUT2D eigenvalue weighted by molar-refractivity contribution is -0.216. The van der Waals surface area contributed by atoms with Crippen LogP contribution in [0, 0.1) is 0 Å². The molecule has 4 saturated heterocycles. The Balaban J connectivity index is 1.49. The van der Waals surface area contributed by atoms with E-state index in [1.165, 1.54) is 0 Å². The SMILES string of the molecule is C=C([C@H](O)C[C@H]1O[C@@H]2OC(C)(C)O[C@@H]2[C@H]1O[Si](C)(C)C(C)(C)C)[C@H]1OC(C)(C)O[C@@H]1[C@H]1CO1. The molecule has 4 fully saturated rings. The van der Waals surface area contributed by atoms with Gasteiger partial charge in [-0.05, 0) is 51.4 Å². The minimum Gasteiger partial charge on any atom is -0.408 e. The molecule has 0 aromatic rings. The molecule has 0 aliphatic carbocycles. The first kappa shape index (κ1) is 25.7. The van der Waals surface area contributed by atoms with Crippen LogP contribution in [0.15, 0.2) is 12.2 Å². The topological polar surface area (TPSA) is 88.1 Å². The zero-order valence-corrected chi connectivity index (χ0v) is 22.5. The number of fused-ring (bicyclic) bond motifs is 1. The number of aliphatic hydroxyl groups excluding tert-OH is 1. The van der Waals surface area contributed by atoms with Gasteiger partial charge in [-0.2, -0.15) is 0 Å². The fraction of sp³-hybridized carbons (Fsp3) is 0.917. The van der Waals surface area contributed by atoms with E-state index < -0.39 is 44.5 Å². The van der Waals surface area contributed by atoms with E-state index in [0.29, 0.717) is 18.6 Å². The second kappa shape index (κ2) is 8.35. The van der Waals surface area contributed by atoms with Crippen LogP contribution in [0.25, 0.3) is 0 Å². The minimum absolute atomic E-state index is 0.0188. The standard InChI is InChI=1S/C24H42O8Si/c1-13(17-18(16-12-26-16)29-23(5,6)28-17)14(25)11-15-19(32-33(9,10)22(2,3)4)20-21(27-15)31-24(7,8)30-20/h14-21,25H,1,11-12H2,2-10H3/t14-,15-,16-,17-,18-,19+,20-,21-/m1/s1. The Morgan fingerprint density at radius 3 is 2.21 bits per heavy atom. The van der Waals surface area contributed by atoms with Gasteiger partial charge in [0, 0.05) is 6.42 Å². The summed E-state index contributed by atoms with van der Waals surface area (Å²) in [4.78, 5) is 0. The molecular weight excluding hydrogens is 444 g/mol. The summed E-state index contributed by atoms with van der Waals surface area (Å²) in [6.45, 7) is 23.3. The second-order valence-corrected chi connectivity index (χ2v) is 17.0. The Bertz CT molecular complexity index is 756. The van der Waals surface area contributed by atoms with Gasteiger partial charge in [0.05, 0.1) is 18.8 Å². The largest absolute Gasteiger partial charge is 0.408 e. The quantitative estimate of drug-likeness (QED) is 0.332. The first-order valence-corrected chi connectivity index (χ1v) is 14.9. The molecular formula is C24H42O8Si. The van der Waals surface area contributed by atoms with Crippen molar-refractivity contribution >= 4 is 8.32 Å². The fourth-order valence-electron chi connectivity index (χ4n) is 4.55. The molecule has 1 N–H and O–H groups in total. The van der Waals surface area contributed by atoms with Crippen LogP contribution in [0.3, 0.4) is 0 Å². The van der Waals surface area contributed by atoms with Crippen molar-refractivity contribution in [2.24, 2.45) is 0 Å². The van der Waals surface area contributed by atoms with Crippen LogP contribution >= 0.6 is 0 Å². The molecule has 0 aromatic carbocycles. The highest BCUT2D eigenvalue weighted by atomic mass is 28.4. The van der Waals surface area contributed by atoms with Gasteiger partial charge < -0.3 is 38.0 Å². The summed E-state index contributed by atoms with van der Waals surface area (Å²) in [6, 6.07) is 0. The summed E-state index contributed by atoms with van der Waals surface area (Å²) < 4.78 is 42.8. The minimum atomic E-state index is -2.14. The summed E-state index contributed by atoms with van der Waals surface area (Å²) >= 11 is 0. The van der Waals surface area contributed by atoms with E-state index in [2.05, 4.69) is 40.4 Å². The van der Waals surface area contributed by atoms with Gasteiger partial charge >= 0.3 is 0 Å². The van der Waals surface area contributed by atoms with Gasteiger partial charge in [-0.1, -0.05) is 27.4 Å². The number of hydrogen-bond acceptors (Lipinski definition) is 8. The predicted octanol–water partition coefficient (Wildman–Crippen LogP) is 3.48. The maximum Gasteiger partial charge on any atom is 0.192 e. The highest BCUT2D eigenvalue weighted by molar-refractivity contribution is 6.74. The Kier molecular flexibility index (Phi) is 6.51. The molecule has 33 heavy (non-hydrogen) atoms. The molecule has 8 nitrogen and oxygen atoms in total. The highest BCUT2D eigenvalue weighted by Gasteiger charge is 2.58. The van der Waals surface area contributed by atoms with E-state index in [1.54, 1.807) is 0 Å². The normalized spacial score (nSPS) is 40.6. The first-order valence-electron chi connectivity index (χ1n) is 12.0. The molecule has 4 aliphatic heterocycles. The van der Waals surface area contributed by atoms with Crippen molar-refractivity contribution in [2.45, 2.75) is 134 Å². The molecule has 4 heterocycles. The van der Waals surface area contributed by atoms with E-state index >= 15 is 0 Å². The number of rotatable bonds is 7. The van der Waals surface area contributed by atoms with Crippen molar-refractivity contribution < 1.29 is 38.0 Å². The molecule has 0 aromatic heterocycles. The van der Waals surface area contributed by atoms with E-state index in [0.717, 1.165) is 0 Å². The molecule has 9 heteroatoms. The van der Waals surface area contributed by atoms with Crippen LogP contribution in [0.1, 0.15) is 54.9 Å². The van der Waals surface area contributed by atoms with Gasteiger partial charge in [0.25, 0.3) is 0 Å². The van der Waals surface area contributed by atoms with Crippen LogP contribution in [-0.2, 0) is 32.8 Å². The summed E-state index contributed by atoms with van der Waals surface area (Å²) in [6.07, 6.45) is -2.95. The molecule has 4 aliphatic rings. The molecule has 0 unspecified atom stereocenters. The Hall–Kier alpha value is -0.363. The van der Waals surface area contributed by atoms with E-state index in [-0.39, 0.29) is 29.5 Å².